The van der Waals surface area contributed by atoms with E-state index in [9.17, 15) is 10.1 Å². The largest absolute Gasteiger partial charge is 0.497 e. The number of ether oxygens (including phenoxy) is 1. The van der Waals surface area contributed by atoms with E-state index >= 15 is 0 Å². The van der Waals surface area contributed by atoms with Crippen molar-refractivity contribution in [3.05, 3.63) is 62.1 Å². The molecule has 0 fully saturated rings. The number of hydrogen-bond donors (Lipinski definition) is 1. The van der Waals surface area contributed by atoms with Gasteiger partial charge in [-0.15, -0.1) is 0 Å². The smallest absolute Gasteiger partial charge is 0.270 e. The van der Waals surface area contributed by atoms with Crippen molar-refractivity contribution in [1.29, 1.82) is 0 Å². The molecule has 0 heterocycles. The van der Waals surface area contributed by atoms with Crippen LogP contribution in [0.5, 0.6) is 5.75 Å². The highest BCUT2D eigenvalue weighted by molar-refractivity contribution is 9.10. The third-order valence-corrected chi connectivity index (χ3v) is 3.89. The summed E-state index contributed by atoms with van der Waals surface area (Å²) < 4.78 is 5.89. The molecule has 0 amide bonds. The van der Waals surface area contributed by atoms with Crippen LogP contribution < -0.4 is 10.1 Å². The average molecular weight is 351 g/mol. The molecular weight excluding hydrogens is 336 g/mol. The van der Waals surface area contributed by atoms with E-state index in [0.717, 1.165) is 27.0 Å². The lowest BCUT2D eigenvalue weighted by atomic mass is 10.1. The van der Waals surface area contributed by atoms with Gasteiger partial charge in [-0.2, -0.15) is 0 Å². The van der Waals surface area contributed by atoms with Crippen molar-refractivity contribution in [3.63, 3.8) is 0 Å². The van der Waals surface area contributed by atoms with Crippen LogP contribution in [0.4, 0.5) is 11.4 Å². The number of nitro groups is 1. The minimum absolute atomic E-state index is 0.0752. The van der Waals surface area contributed by atoms with E-state index in [-0.39, 0.29) is 5.69 Å². The molecule has 5 nitrogen and oxygen atoms in total. The number of methoxy groups -OCH3 is 1. The maximum Gasteiger partial charge on any atom is 0.270 e. The maximum atomic E-state index is 10.7. The molecule has 1 N–H and O–H groups in total. The fraction of sp³-hybridized carbons (Fsp3) is 0.200. The van der Waals surface area contributed by atoms with Gasteiger partial charge in [0.1, 0.15) is 5.75 Å². The van der Waals surface area contributed by atoms with E-state index in [1.807, 2.05) is 25.1 Å². The predicted molar refractivity (Wildman–Crippen MR) is 85.9 cm³/mol. The van der Waals surface area contributed by atoms with Crippen molar-refractivity contribution in [3.8, 4) is 5.75 Å². The van der Waals surface area contributed by atoms with Crippen LogP contribution in [0.25, 0.3) is 0 Å². The van der Waals surface area contributed by atoms with E-state index in [1.165, 1.54) is 12.1 Å². The molecule has 2 aromatic rings. The summed E-state index contributed by atoms with van der Waals surface area (Å²) in [5.41, 5.74) is 3.11. The summed E-state index contributed by atoms with van der Waals surface area (Å²) in [4.78, 5) is 10.3. The minimum Gasteiger partial charge on any atom is -0.497 e. The number of rotatable bonds is 5. The third-order valence-electron chi connectivity index (χ3n) is 3.15. The van der Waals surface area contributed by atoms with Crippen molar-refractivity contribution in [2.24, 2.45) is 0 Å². The minimum atomic E-state index is -0.407. The van der Waals surface area contributed by atoms with Crippen molar-refractivity contribution in [2.45, 2.75) is 13.5 Å². The molecule has 0 saturated heterocycles. The Morgan fingerprint density at radius 1 is 1.29 bits per heavy atom. The zero-order valence-electron chi connectivity index (χ0n) is 11.7. The van der Waals surface area contributed by atoms with Crippen molar-refractivity contribution >= 4 is 27.3 Å². The molecule has 0 radical (unpaired) electrons. The van der Waals surface area contributed by atoms with E-state index in [1.54, 1.807) is 13.2 Å². The van der Waals surface area contributed by atoms with Gasteiger partial charge in [-0.3, -0.25) is 10.1 Å². The summed E-state index contributed by atoms with van der Waals surface area (Å²) in [5.74, 6) is 0.814. The van der Waals surface area contributed by atoms with Gasteiger partial charge in [-0.25, -0.2) is 0 Å². The number of halogens is 1. The van der Waals surface area contributed by atoms with Gasteiger partial charge >= 0.3 is 0 Å². The zero-order valence-corrected chi connectivity index (χ0v) is 13.3. The SMILES string of the molecule is COc1ccc(NCc2ccc([N+](=O)[O-])cc2Br)c(C)c1. The van der Waals surface area contributed by atoms with Gasteiger partial charge in [0.2, 0.25) is 0 Å². The van der Waals surface area contributed by atoms with E-state index in [0.29, 0.717) is 6.54 Å². The van der Waals surface area contributed by atoms with E-state index in [4.69, 9.17) is 4.74 Å². The quantitative estimate of drug-likeness (QED) is 0.645. The second-order valence-corrected chi connectivity index (χ2v) is 5.42. The highest BCUT2D eigenvalue weighted by Crippen LogP contribution is 2.25. The molecule has 0 saturated carbocycles. The number of aryl methyl sites for hydroxylation is 1. The Kier molecular flexibility index (Phi) is 4.80. The predicted octanol–water partition coefficient (Wildman–Crippen LogP) is 4.29. The fourth-order valence-corrected chi connectivity index (χ4v) is 2.45. The molecule has 0 aromatic heterocycles. The molecule has 0 aliphatic heterocycles. The average Bonchev–Trinajstić information content (AvgIpc) is 2.46. The van der Waals surface area contributed by atoms with Crippen LogP contribution in [-0.4, -0.2) is 12.0 Å². The molecule has 0 bridgehead atoms. The monoisotopic (exact) mass is 350 g/mol. The molecular formula is C15H15BrN2O3. The molecule has 21 heavy (non-hydrogen) atoms. The van der Waals surface area contributed by atoms with Crippen molar-refractivity contribution in [2.75, 3.05) is 12.4 Å². The van der Waals surface area contributed by atoms with Crippen molar-refractivity contribution < 1.29 is 9.66 Å². The van der Waals surface area contributed by atoms with Gasteiger partial charge in [0.25, 0.3) is 5.69 Å². The van der Waals surface area contributed by atoms with Crippen molar-refractivity contribution in [1.82, 2.24) is 0 Å². The Morgan fingerprint density at radius 3 is 2.62 bits per heavy atom. The van der Waals surface area contributed by atoms with Crippen LogP contribution in [0, 0.1) is 17.0 Å². The first-order chi connectivity index (χ1) is 10.0. The molecule has 0 spiro atoms. The lowest BCUT2D eigenvalue weighted by Crippen LogP contribution is -2.02. The van der Waals surface area contributed by atoms with Crippen LogP contribution in [0.1, 0.15) is 11.1 Å². The van der Waals surface area contributed by atoms with Gasteiger partial charge in [-0.05, 0) is 42.3 Å². The molecule has 2 rings (SSSR count). The first-order valence-electron chi connectivity index (χ1n) is 6.32. The molecule has 0 atom stereocenters. The Labute approximate surface area is 131 Å². The molecule has 0 aliphatic rings. The molecule has 0 unspecified atom stereocenters. The van der Waals surface area contributed by atoms with E-state index in [2.05, 4.69) is 21.2 Å². The second-order valence-electron chi connectivity index (χ2n) is 4.57. The number of non-ortho nitro benzene ring substituents is 1. The van der Waals surface area contributed by atoms with Gasteiger partial charge in [0.15, 0.2) is 0 Å². The summed E-state index contributed by atoms with van der Waals surface area (Å²) in [7, 11) is 1.63. The van der Waals surface area contributed by atoms with Crippen LogP contribution in [-0.2, 0) is 6.54 Å². The zero-order chi connectivity index (χ0) is 15.4. The molecule has 0 aliphatic carbocycles. The van der Waals surface area contributed by atoms with Crippen LogP contribution in [0.2, 0.25) is 0 Å². The number of benzene rings is 2. The van der Waals surface area contributed by atoms with Crippen LogP contribution in [0.3, 0.4) is 0 Å². The van der Waals surface area contributed by atoms with Gasteiger partial charge in [0, 0.05) is 28.8 Å². The Balaban J connectivity index is 2.11. The Bertz CT molecular complexity index is 674. The lowest BCUT2D eigenvalue weighted by Gasteiger charge is -2.12. The first kappa shape index (κ1) is 15.3. The highest BCUT2D eigenvalue weighted by Gasteiger charge is 2.09. The molecule has 110 valence electrons. The summed E-state index contributed by atoms with van der Waals surface area (Å²) in [5, 5.41) is 14.0. The van der Waals surface area contributed by atoms with Crippen LogP contribution in [0.15, 0.2) is 40.9 Å². The van der Waals surface area contributed by atoms with Gasteiger partial charge in [0.05, 0.1) is 12.0 Å². The Hall–Kier alpha value is -2.08. The maximum absolute atomic E-state index is 10.7. The van der Waals surface area contributed by atoms with Gasteiger partial charge < -0.3 is 10.1 Å². The molecule has 6 heteroatoms. The second kappa shape index (κ2) is 6.58. The summed E-state index contributed by atoms with van der Waals surface area (Å²) in [6, 6.07) is 10.6. The van der Waals surface area contributed by atoms with Gasteiger partial charge in [-0.1, -0.05) is 15.9 Å². The Morgan fingerprint density at radius 2 is 2.05 bits per heavy atom. The van der Waals surface area contributed by atoms with Crippen LogP contribution >= 0.6 is 15.9 Å². The number of nitro benzene ring substituents is 1. The third kappa shape index (κ3) is 3.72. The normalized spacial score (nSPS) is 10.2. The number of nitrogens with zero attached hydrogens (tertiary/aromatic N) is 1. The summed E-state index contributed by atoms with van der Waals surface area (Å²) in [6.07, 6.45) is 0. The number of nitrogens with one attached hydrogen (secondary N) is 1. The lowest BCUT2D eigenvalue weighted by molar-refractivity contribution is -0.384. The topological polar surface area (TPSA) is 64.4 Å². The first-order valence-corrected chi connectivity index (χ1v) is 7.12. The van der Waals surface area contributed by atoms with E-state index < -0.39 is 4.92 Å². The fourth-order valence-electron chi connectivity index (χ4n) is 1.95. The number of hydrogen-bond acceptors (Lipinski definition) is 4. The molecule has 2 aromatic carbocycles. The summed E-state index contributed by atoms with van der Waals surface area (Å²) >= 11 is 3.37. The summed E-state index contributed by atoms with van der Waals surface area (Å²) in [6.45, 7) is 2.57. The number of anilines is 1. The standard InChI is InChI=1S/C15H15BrN2O3/c1-10-7-13(21-2)5-6-15(10)17-9-11-3-4-12(18(19)20)8-14(11)16/h3-8,17H,9H2,1-2H3. The highest BCUT2D eigenvalue weighted by atomic mass is 79.9.